The van der Waals surface area contributed by atoms with Crippen LogP contribution in [0, 0.1) is 5.92 Å². The Bertz CT molecular complexity index is 405. The van der Waals surface area contributed by atoms with E-state index in [0.29, 0.717) is 12.0 Å². The van der Waals surface area contributed by atoms with Crippen LogP contribution in [0.3, 0.4) is 0 Å². The van der Waals surface area contributed by atoms with Crippen molar-refractivity contribution in [1.29, 1.82) is 0 Å². The summed E-state index contributed by atoms with van der Waals surface area (Å²) in [6.45, 7) is 18.1. The predicted molar refractivity (Wildman–Crippen MR) is 130 cm³/mol. The first-order chi connectivity index (χ1) is 12.5. The molecule has 0 saturated carbocycles. The molecule has 1 N–H and O–H groups in total. The first kappa shape index (κ1) is 26.7. The highest BCUT2D eigenvalue weighted by atomic mass is 127. The van der Waals surface area contributed by atoms with Crippen molar-refractivity contribution in [3.63, 3.8) is 0 Å². The summed E-state index contributed by atoms with van der Waals surface area (Å²) in [6.07, 6.45) is 6.84. The van der Waals surface area contributed by atoms with Gasteiger partial charge in [0.05, 0.1) is 6.54 Å². The Kier molecular flexibility index (Phi) is 15.4. The van der Waals surface area contributed by atoms with E-state index >= 15 is 0 Å². The minimum atomic E-state index is 0. The van der Waals surface area contributed by atoms with Gasteiger partial charge in [-0.05, 0) is 39.2 Å². The Morgan fingerprint density at radius 3 is 2.41 bits per heavy atom. The monoisotopic (exact) mass is 493 g/mol. The van der Waals surface area contributed by atoms with Gasteiger partial charge in [0.1, 0.15) is 0 Å². The third-order valence-electron chi connectivity index (χ3n) is 5.30. The zero-order chi connectivity index (χ0) is 19.4. The molecule has 0 radical (unpaired) electrons. The van der Waals surface area contributed by atoms with E-state index in [1.807, 2.05) is 6.08 Å². The minimum absolute atomic E-state index is 0. The molecule has 1 saturated heterocycles. The van der Waals surface area contributed by atoms with Crippen LogP contribution >= 0.6 is 24.0 Å². The highest BCUT2D eigenvalue weighted by Gasteiger charge is 2.25. The number of piperazine rings is 1. The number of halogens is 1. The van der Waals surface area contributed by atoms with Crippen molar-refractivity contribution in [3.8, 4) is 0 Å². The molecule has 1 aliphatic heterocycles. The van der Waals surface area contributed by atoms with Crippen molar-refractivity contribution in [1.82, 2.24) is 20.0 Å². The highest BCUT2D eigenvalue weighted by Crippen LogP contribution is 2.14. The van der Waals surface area contributed by atoms with Gasteiger partial charge >= 0.3 is 0 Å². The summed E-state index contributed by atoms with van der Waals surface area (Å²) in [5.41, 5.74) is 0. The maximum absolute atomic E-state index is 5.00. The lowest BCUT2D eigenvalue weighted by atomic mass is 10.0. The number of hydrogen-bond acceptors (Lipinski definition) is 3. The lowest BCUT2D eigenvalue weighted by Crippen LogP contribution is -2.52. The van der Waals surface area contributed by atoms with Crippen LogP contribution < -0.4 is 5.32 Å². The molecule has 0 aromatic rings. The fourth-order valence-corrected chi connectivity index (χ4v) is 3.47. The van der Waals surface area contributed by atoms with Crippen molar-refractivity contribution < 1.29 is 0 Å². The number of allylic oxidation sites excluding steroid dienone is 1. The van der Waals surface area contributed by atoms with E-state index in [-0.39, 0.29) is 24.0 Å². The van der Waals surface area contributed by atoms with Crippen LogP contribution in [0.1, 0.15) is 46.5 Å². The van der Waals surface area contributed by atoms with Crippen molar-refractivity contribution >= 4 is 29.9 Å². The highest BCUT2D eigenvalue weighted by molar-refractivity contribution is 14.0. The number of guanidine groups is 1. The summed E-state index contributed by atoms with van der Waals surface area (Å²) in [4.78, 5) is 12.3. The standard InChI is InChI=1S/C21H43N5.HI/c1-7-9-10-11-12-13-25(6)21(22-8-2)23-18-20(19(3)4)26-16-14-24(5)15-17-26;/h7,19-20H,1,8-18H2,2-6H3,(H,22,23);1H. The van der Waals surface area contributed by atoms with Gasteiger partial charge in [-0.15, -0.1) is 30.6 Å². The molecule has 27 heavy (non-hydrogen) atoms. The van der Waals surface area contributed by atoms with E-state index in [4.69, 9.17) is 4.99 Å². The van der Waals surface area contributed by atoms with Gasteiger partial charge in [0.25, 0.3) is 0 Å². The predicted octanol–water partition coefficient (Wildman–Crippen LogP) is 3.52. The van der Waals surface area contributed by atoms with Crippen molar-refractivity contribution in [2.45, 2.75) is 52.5 Å². The van der Waals surface area contributed by atoms with E-state index in [1.165, 1.54) is 19.3 Å². The van der Waals surface area contributed by atoms with Crippen LogP contribution in [0.25, 0.3) is 0 Å². The first-order valence-electron chi connectivity index (χ1n) is 10.5. The van der Waals surface area contributed by atoms with E-state index in [0.717, 1.165) is 58.2 Å². The topological polar surface area (TPSA) is 34.1 Å². The Labute approximate surface area is 185 Å². The van der Waals surface area contributed by atoms with Crippen molar-refractivity contribution in [2.24, 2.45) is 10.9 Å². The lowest BCUT2D eigenvalue weighted by molar-refractivity contribution is 0.0924. The molecule has 0 spiro atoms. The Morgan fingerprint density at radius 2 is 1.85 bits per heavy atom. The molecule has 160 valence electrons. The average Bonchev–Trinajstić information content (AvgIpc) is 2.61. The summed E-state index contributed by atoms with van der Waals surface area (Å²) >= 11 is 0. The second-order valence-corrected chi connectivity index (χ2v) is 7.90. The van der Waals surface area contributed by atoms with Crippen LogP contribution in [0.15, 0.2) is 17.6 Å². The molecular formula is C21H44IN5. The third-order valence-corrected chi connectivity index (χ3v) is 5.30. The van der Waals surface area contributed by atoms with E-state index in [1.54, 1.807) is 0 Å². The fraction of sp³-hybridized carbons (Fsp3) is 0.857. The Balaban J connectivity index is 0.00000676. The summed E-state index contributed by atoms with van der Waals surface area (Å²) in [5.74, 6) is 1.67. The molecule has 0 bridgehead atoms. The number of nitrogens with one attached hydrogen (secondary N) is 1. The molecule has 0 aliphatic carbocycles. The molecule has 0 aromatic carbocycles. The van der Waals surface area contributed by atoms with Gasteiger partial charge in [-0.2, -0.15) is 0 Å². The molecule has 1 atom stereocenters. The maximum atomic E-state index is 5.00. The van der Waals surface area contributed by atoms with Crippen molar-refractivity contribution in [3.05, 3.63) is 12.7 Å². The molecule has 1 unspecified atom stereocenters. The normalized spacial score (nSPS) is 17.5. The van der Waals surface area contributed by atoms with Gasteiger partial charge in [0, 0.05) is 52.4 Å². The fourth-order valence-electron chi connectivity index (χ4n) is 3.47. The van der Waals surface area contributed by atoms with Gasteiger partial charge in [-0.25, -0.2) is 0 Å². The first-order valence-corrected chi connectivity index (χ1v) is 10.5. The van der Waals surface area contributed by atoms with Gasteiger partial charge < -0.3 is 15.1 Å². The third kappa shape index (κ3) is 10.7. The summed E-state index contributed by atoms with van der Waals surface area (Å²) in [7, 11) is 4.38. The SMILES string of the molecule is C=CCCCCCN(C)C(=NCC(C(C)C)N1CCN(C)CC1)NCC.I. The van der Waals surface area contributed by atoms with Crippen LogP contribution in [-0.4, -0.2) is 86.6 Å². The molecule has 1 aliphatic rings. The van der Waals surface area contributed by atoms with Crippen LogP contribution in [0.4, 0.5) is 0 Å². The summed E-state index contributed by atoms with van der Waals surface area (Å²) < 4.78 is 0. The Hall–Kier alpha value is -0.340. The second-order valence-electron chi connectivity index (χ2n) is 7.90. The molecule has 1 rings (SSSR count). The lowest BCUT2D eigenvalue weighted by Gasteiger charge is -2.39. The number of aliphatic imine (C=N–C) groups is 1. The minimum Gasteiger partial charge on any atom is -0.357 e. The zero-order valence-corrected chi connectivity index (χ0v) is 20.7. The molecule has 5 nitrogen and oxygen atoms in total. The zero-order valence-electron chi connectivity index (χ0n) is 18.4. The number of nitrogens with zero attached hydrogens (tertiary/aromatic N) is 4. The summed E-state index contributed by atoms with van der Waals surface area (Å²) in [6, 6.07) is 0.526. The molecule has 1 heterocycles. The van der Waals surface area contributed by atoms with E-state index < -0.39 is 0 Å². The van der Waals surface area contributed by atoms with Crippen LogP contribution in [-0.2, 0) is 0 Å². The van der Waals surface area contributed by atoms with E-state index in [9.17, 15) is 0 Å². The van der Waals surface area contributed by atoms with Gasteiger partial charge in [-0.1, -0.05) is 26.3 Å². The number of hydrogen-bond donors (Lipinski definition) is 1. The Morgan fingerprint density at radius 1 is 1.19 bits per heavy atom. The average molecular weight is 494 g/mol. The summed E-state index contributed by atoms with van der Waals surface area (Å²) in [5, 5.41) is 3.47. The van der Waals surface area contributed by atoms with Crippen molar-refractivity contribution in [2.75, 3.05) is 59.9 Å². The molecule has 1 fully saturated rings. The molecular weight excluding hydrogens is 449 g/mol. The number of likely N-dealkylation sites (N-methyl/N-ethyl adjacent to an activating group) is 1. The number of rotatable bonds is 11. The van der Waals surface area contributed by atoms with Crippen LogP contribution in [0.2, 0.25) is 0 Å². The van der Waals surface area contributed by atoms with Crippen LogP contribution in [0.5, 0.6) is 0 Å². The van der Waals surface area contributed by atoms with Gasteiger partial charge in [0.15, 0.2) is 5.96 Å². The number of unbranched alkanes of at least 4 members (excludes halogenated alkanes) is 3. The molecule has 0 amide bonds. The molecule has 6 heteroatoms. The van der Waals surface area contributed by atoms with E-state index in [2.05, 4.69) is 61.5 Å². The second kappa shape index (κ2) is 15.6. The maximum Gasteiger partial charge on any atom is 0.193 e. The quantitative estimate of drug-likeness (QED) is 0.157. The van der Waals surface area contributed by atoms with Gasteiger partial charge in [0.2, 0.25) is 0 Å². The largest absolute Gasteiger partial charge is 0.357 e. The molecule has 0 aromatic heterocycles. The van der Waals surface area contributed by atoms with Gasteiger partial charge in [-0.3, -0.25) is 9.89 Å². The smallest absolute Gasteiger partial charge is 0.193 e.